The van der Waals surface area contributed by atoms with E-state index in [1.807, 2.05) is 72.8 Å². The van der Waals surface area contributed by atoms with Gasteiger partial charge in [0.2, 0.25) is 12.4 Å². The van der Waals surface area contributed by atoms with Gasteiger partial charge < -0.3 is 0 Å². The number of nitriles is 2. The number of benzene rings is 1. The summed E-state index contributed by atoms with van der Waals surface area (Å²) < 4.78 is 1.92. The van der Waals surface area contributed by atoms with Crippen molar-refractivity contribution in [3.05, 3.63) is 77.5 Å². The van der Waals surface area contributed by atoms with Gasteiger partial charge in [0.15, 0.2) is 12.4 Å². The van der Waals surface area contributed by atoms with E-state index in [1.165, 1.54) is 0 Å². The number of pyridine rings is 1. The third-order valence-corrected chi connectivity index (χ3v) is 4.26. The van der Waals surface area contributed by atoms with Gasteiger partial charge >= 0.3 is 0 Å². The molecule has 4 rings (SSSR count). The third-order valence-electron chi connectivity index (χ3n) is 4.26. The zero-order chi connectivity index (χ0) is 18.8. The van der Waals surface area contributed by atoms with Crippen LogP contribution >= 0.6 is 0 Å². The molecule has 1 aliphatic rings. The first-order valence-electron chi connectivity index (χ1n) is 8.09. The van der Waals surface area contributed by atoms with Crippen molar-refractivity contribution in [3.8, 4) is 23.6 Å². The van der Waals surface area contributed by atoms with E-state index in [9.17, 15) is 5.26 Å². The maximum atomic E-state index is 9.18. The van der Waals surface area contributed by atoms with E-state index in [4.69, 9.17) is 10.2 Å². The zero-order valence-electron chi connectivity index (χ0n) is 14.3. The molecule has 0 unspecified atom stereocenters. The van der Waals surface area contributed by atoms with Gasteiger partial charge in [0.25, 0.3) is 0 Å². The molecule has 1 aromatic carbocycles. The Kier molecular flexibility index (Phi) is 3.96. The molecule has 7 heteroatoms. The van der Waals surface area contributed by atoms with Crippen molar-refractivity contribution in [2.75, 3.05) is 0 Å². The minimum absolute atomic E-state index is 0.427. The van der Waals surface area contributed by atoms with E-state index >= 15 is 0 Å². The molecule has 0 spiro atoms. The van der Waals surface area contributed by atoms with Crippen LogP contribution < -0.4 is 4.57 Å². The summed E-state index contributed by atoms with van der Waals surface area (Å²) in [5.74, 6) is 0. The Hall–Kier alpha value is -4.23. The van der Waals surface area contributed by atoms with Crippen LogP contribution in [-0.2, 0) is 7.05 Å². The van der Waals surface area contributed by atoms with E-state index in [0.29, 0.717) is 39.6 Å². The molecule has 2 aromatic heterocycles. The van der Waals surface area contributed by atoms with Crippen LogP contribution in [0.3, 0.4) is 0 Å². The Balaban J connectivity index is 1.99. The Labute approximate surface area is 155 Å². The number of hydrogen-bond acceptors (Lipinski definition) is 6. The largest absolute Gasteiger partial charge is 0.250 e. The molecule has 7 nitrogen and oxygen atoms in total. The fourth-order valence-electron chi connectivity index (χ4n) is 3.02. The first-order chi connectivity index (χ1) is 13.2. The molecule has 27 heavy (non-hydrogen) atoms. The quantitative estimate of drug-likeness (QED) is 0.386. The van der Waals surface area contributed by atoms with Crippen molar-refractivity contribution in [1.82, 2.24) is 9.97 Å². The molecule has 3 aromatic rings. The van der Waals surface area contributed by atoms with Crippen LogP contribution in [0.4, 0.5) is 0 Å². The predicted molar refractivity (Wildman–Crippen MR) is 97.6 cm³/mol. The predicted octanol–water partition coefficient (Wildman–Crippen LogP) is 1.92. The molecule has 2 heterocycles. The van der Waals surface area contributed by atoms with Crippen LogP contribution in [0.1, 0.15) is 22.5 Å². The molecule has 0 N–H and O–H groups in total. The molecule has 0 aliphatic heterocycles. The third kappa shape index (κ3) is 2.74. The van der Waals surface area contributed by atoms with Gasteiger partial charge in [0.1, 0.15) is 29.9 Å². The molecule has 0 saturated carbocycles. The second-order valence-corrected chi connectivity index (χ2v) is 5.87. The number of aromatic nitrogens is 3. The Morgan fingerprint density at radius 3 is 2.07 bits per heavy atom. The lowest BCUT2D eigenvalue weighted by Crippen LogP contribution is -2.26. The first-order valence-corrected chi connectivity index (χ1v) is 8.09. The Morgan fingerprint density at radius 2 is 1.48 bits per heavy atom. The fourth-order valence-corrected chi connectivity index (χ4v) is 3.02. The van der Waals surface area contributed by atoms with Gasteiger partial charge in [-0.05, 0) is 0 Å². The van der Waals surface area contributed by atoms with Crippen molar-refractivity contribution in [1.29, 1.82) is 10.5 Å². The average Bonchev–Trinajstić information content (AvgIpc) is 2.70. The van der Waals surface area contributed by atoms with Crippen LogP contribution in [0.2, 0.25) is 0 Å². The van der Waals surface area contributed by atoms with Gasteiger partial charge in [-0.25, -0.2) is 14.5 Å². The smallest absolute Gasteiger partial charge is 0.206 e. The number of aliphatic imine (C=N–C) groups is 2. The molecule has 126 valence electrons. The number of fused-ring (bicyclic) bond motifs is 2. The standard InChI is InChI=1S/C20H12N7/c1-27-8-6-13(7-9-27)16-10-23-19-17(24-11-21)14-4-2-3-5-15(14)18(25-12-22)20(19)26-16/h2-10H,1H3/q+1. The van der Waals surface area contributed by atoms with Gasteiger partial charge in [-0.3, -0.25) is 0 Å². The van der Waals surface area contributed by atoms with E-state index in [1.54, 1.807) is 6.20 Å². The van der Waals surface area contributed by atoms with Gasteiger partial charge in [-0.1, -0.05) is 24.3 Å². The van der Waals surface area contributed by atoms with E-state index < -0.39 is 0 Å². The highest BCUT2D eigenvalue weighted by molar-refractivity contribution is 6.30. The lowest BCUT2D eigenvalue weighted by atomic mass is 9.88. The number of aryl methyl sites for hydroxylation is 1. The summed E-state index contributed by atoms with van der Waals surface area (Å²) in [6.07, 6.45) is 9.14. The highest BCUT2D eigenvalue weighted by atomic mass is 14.9. The highest BCUT2D eigenvalue weighted by Crippen LogP contribution is 2.28. The van der Waals surface area contributed by atoms with Crippen LogP contribution in [0, 0.1) is 22.9 Å². The summed E-state index contributed by atoms with van der Waals surface area (Å²) in [6.45, 7) is 0. The minimum Gasteiger partial charge on any atom is -0.250 e. The van der Waals surface area contributed by atoms with Crippen molar-refractivity contribution in [2.24, 2.45) is 17.0 Å². The lowest BCUT2D eigenvalue weighted by Gasteiger charge is -2.20. The fraction of sp³-hybridized carbons (Fsp3) is 0.0500. The normalized spacial score (nSPS) is 14.9. The number of hydrogen-bond donors (Lipinski definition) is 0. The molecular formula is C20H12N7+. The summed E-state index contributed by atoms with van der Waals surface area (Å²) in [6, 6.07) is 11.2. The molecule has 1 aliphatic carbocycles. The molecule has 0 atom stereocenters. The summed E-state index contributed by atoms with van der Waals surface area (Å²) >= 11 is 0. The maximum absolute atomic E-state index is 9.18. The molecule has 0 amide bonds. The molecule has 0 radical (unpaired) electrons. The Morgan fingerprint density at radius 1 is 0.889 bits per heavy atom. The van der Waals surface area contributed by atoms with Crippen molar-refractivity contribution in [2.45, 2.75) is 0 Å². The van der Waals surface area contributed by atoms with Crippen molar-refractivity contribution >= 4 is 11.4 Å². The molecular weight excluding hydrogens is 338 g/mol. The summed E-state index contributed by atoms with van der Waals surface area (Å²) in [5.41, 5.74) is 4.67. The molecule has 0 fully saturated rings. The van der Waals surface area contributed by atoms with Gasteiger partial charge in [0.05, 0.1) is 11.9 Å². The summed E-state index contributed by atoms with van der Waals surface area (Å²) in [7, 11) is 1.93. The second kappa shape index (κ2) is 6.58. The zero-order valence-corrected chi connectivity index (χ0v) is 14.3. The number of rotatable bonds is 1. The van der Waals surface area contributed by atoms with Crippen molar-refractivity contribution < 1.29 is 4.57 Å². The van der Waals surface area contributed by atoms with Gasteiger partial charge in [-0.15, -0.1) is 0 Å². The monoisotopic (exact) mass is 350 g/mol. The topological polar surface area (TPSA) is 102 Å². The highest BCUT2D eigenvalue weighted by Gasteiger charge is 2.30. The minimum atomic E-state index is 0.427. The van der Waals surface area contributed by atoms with Gasteiger partial charge in [0, 0.05) is 28.8 Å². The second-order valence-electron chi connectivity index (χ2n) is 5.87. The lowest BCUT2D eigenvalue weighted by molar-refractivity contribution is -0.671. The van der Waals surface area contributed by atoms with Crippen LogP contribution in [-0.4, -0.2) is 21.4 Å². The summed E-state index contributed by atoms with van der Waals surface area (Å²) in [4.78, 5) is 17.1. The Bertz CT molecular complexity index is 1190. The van der Waals surface area contributed by atoms with Crippen LogP contribution in [0.5, 0.6) is 0 Å². The van der Waals surface area contributed by atoms with E-state index in [-0.39, 0.29) is 0 Å². The number of nitrogens with zero attached hydrogens (tertiary/aromatic N) is 7. The van der Waals surface area contributed by atoms with Crippen LogP contribution in [0.15, 0.2) is 65.0 Å². The molecule has 0 saturated heterocycles. The summed E-state index contributed by atoms with van der Waals surface area (Å²) in [5, 5.41) is 18.3. The van der Waals surface area contributed by atoms with E-state index in [0.717, 1.165) is 5.56 Å². The van der Waals surface area contributed by atoms with Crippen molar-refractivity contribution in [3.63, 3.8) is 0 Å². The molecule has 0 bridgehead atoms. The first kappa shape index (κ1) is 16.2. The van der Waals surface area contributed by atoms with E-state index in [2.05, 4.69) is 15.0 Å². The van der Waals surface area contributed by atoms with Gasteiger partial charge in [-0.2, -0.15) is 20.5 Å². The average molecular weight is 350 g/mol. The van der Waals surface area contributed by atoms with Crippen LogP contribution in [0.25, 0.3) is 11.3 Å². The maximum Gasteiger partial charge on any atom is 0.206 e. The SMILES string of the molecule is C[n+]1ccc(-c2cnc3c(n2)C(=NC#N)c2ccccc2C3=NC#N)cc1.